The fourth-order valence-electron chi connectivity index (χ4n) is 1.85. The number of nitrogen functional groups attached to an aromatic ring is 1. The minimum atomic E-state index is -0.563. The first kappa shape index (κ1) is 14.5. The Balaban J connectivity index is 2.16. The van der Waals surface area contributed by atoms with E-state index in [4.69, 9.17) is 5.73 Å². The molecular formula is C15H14BrFN2O. The zero-order chi connectivity index (χ0) is 14.7. The number of carbonyl (C=O) groups excluding carboxylic acids is 1. The number of benzene rings is 2. The Kier molecular flexibility index (Phi) is 4.39. The Morgan fingerprint density at radius 1 is 1.25 bits per heavy atom. The molecule has 0 saturated carbocycles. The van der Waals surface area contributed by atoms with Crippen molar-refractivity contribution in [3.05, 3.63) is 63.9 Å². The zero-order valence-electron chi connectivity index (χ0n) is 10.9. The number of anilines is 1. The number of carbonyl (C=O) groups is 1. The molecule has 2 rings (SSSR count). The summed E-state index contributed by atoms with van der Waals surface area (Å²) in [4.78, 5) is 13.7. The first-order valence-corrected chi connectivity index (χ1v) is 6.81. The summed E-state index contributed by atoms with van der Waals surface area (Å²) in [5, 5.41) is 0. The topological polar surface area (TPSA) is 46.3 Å². The molecule has 0 spiro atoms. The van der Waals surface area contributed by atoms with Gasteiger partial charge in [-0.25, -0.2) is 4.39 Å². The molecule has 2 N–H and O–H groups in total. The van der Waals surface area contributed by atoms with Crippen LogP contribution in [0, 0.1) is 5.82 Å². The lowest BCUT2D eigenvalue weighted by molar-refractivity contribution is 0.0780. The second kappa shape index (κ2) is 6.05. The van der Waals surface area contributed by atoms with E-state index < -0.39 is 11.7 Å². The number of nitrogens with two attached hydrogens (primary N) is 1. The molecule has 0 aliphatic rings. The first-order valence-electron chi connectivity index (χ1n) is 6.02. The minimum Gasteiger partial charge on any atom is -0.399 e. The zero-order valence-corrected chi connectivity index (χ0v) is 12.5. The van der Waals surface area contributed by atoms with Gasteiger partial charge in [-0.1, -0.05) is 28.1 Å². The van der Waals surface area contributed by atoms with Gasteiger partial charge in [-0.3, -0.25) is 4.79 Å². The highest BCUT2D eigenvalue weighted by molar-refractivity contribution is 9.10. The van der Waals surface area contributed by atoms with Crippen molar-refractivity contribution in [3.63, 3.8) is 0 Å². The molecule has 104 valence electrons. The molecule has 0 saturated heterocycles. The highest BCUT2D eigenvalue weighted by atomic mass is 79.9. The molecule has 0 atom stereocenters. The quantitative estimate of drug-likeness (QED) is 0.872. The number of nitrogens with zero attached hydrogens (tertiary/aromatic N) is 1. The highest BCUT2D eigenvalue weighted by Crippen LogP contribution is 2.16. The van der Waals surface area contributed by atoms with Crippen LogP contribution in [-0.2, 0) is 6.54 Å². The summed E-state index contributed by atoms with van der Waals surface area (Å²) in [5.41, 5.74) is 6.92. The number of halogens is 2. The van der Waals surface area contributed by atoms with Crippen molar-refractivity contribution in [3.8, 4) is 0 Å². The molecule has 0 fully saturated rings. The maximum Gasteiger partial charge on any atom is 0.256 e. The van der Waals surface area contributed by atoms with Gasteiger partial charge in [0.25, 0.3) is 5.91 Å². The molecule has 1 amide bonds. The van der Waals surface area contributed by atoms with Crippen molar-refractivity contribution in [2.75, 3.05) is 12.8 Å². The third kappa shape index (κ3) is 3.36. The van der Waals surface area contributed by atoms with Gasteiger partial charge in [0, 0.05) is 23.8 Å². The van der Waals surface area contributed by atoms with Gasteiger partial charge in [-0.15, -0.1) is 0 Å². The van der Waals surface area contributed by atoms with Gasteiger partial charge >= 0.3 is 0 Å². The summed E-state index contributed by atoms with van der Waals surface area (Å²) >= 11 is 3.35. The molecule has 0 aromatic heterocycles. The second-order valence-electron chi connectivity index (χ2n) is 4.53. The van der Waals surface area contributed by atoms with Crippen LogP contribution in [0.2, 0.25) is 0 Å². The summed E-state index contributed by atoms with van der Waals surface area (Å²) < 4.78 is 14.6. The van der Waals surface area contributed by atoms with Gasteiger partial charge < -0.3 is 10.6 Å². The Morgan fingerprint density at radius 2 is 1.90 bits per heavy atom. The van der Waals surface area contributed by atoms with Gasteiger partial charge in [0.2, 0.25) is 0 Å². The lowest BCUT2D eigenvalue weighted by Crippen LogP contribution is -2.27. The summed E-state index contributed by atoms with van der Waals surface area (Å²) in [6, 6.07) is 11.6. The maximum atomic E-state index is 13.7. The fraction of sp³-hybridized carbons (Fsp3) is 0.133. The number of amides is 1. The third-order valence-corrected chi connectivity index (χ3v) is 3.43. The monoisotopic (exact) mass is 336 g/mol. The van der Waals surface area contributed by atoms with Crippen LogP contribution in [0.5, 0.6) is 0 Å². The first-order chi connectivity index (χ1) is 9.47. The fourth-order valence-corrected chi connectivity index (χ4v) is 2.11. The van der Waals surface area contributed by atoms with Crippen LogP contribution in [0.25, 0.3) is 0 Å². The molecular weight excluding hydrogens is 323 g/mol. The predicted molar refractivity (Wildman–Crippen MR) is 80.8 cm³/mol. The molecule has 2 aromatic carbocycles. The Labute approximate surface area is 125 Å². The molecule has 0 heterocycles. The molecule has 0 radical (unpaired) electrons. The molecule has 2 aromatic rings. The van der Waals surface area contributed by atoms with Crippen molar-refractivity contribution < 1.29 is 9.18 Å². The van der Waals surface area contributed by atoms with Gasteiger partial charge in [-0.05, 0) is 35.9 Å². The van der Waals surface area contributed by atoms with E-state index in [1.54, 1.807) is 7.05 Å². The smallest absolute Gasteiger partial charge is 0.256 e. The van der Waals surface area contributed by atoms with Crippen LogP contribution in [0.15, 0.2) is 46.9 Å². The van der Waals surface area contributed by atoms with Crippen LogP contribution in [0.1, 0.15) is 15.9 Å². The molecule has 20 heavy (non-hydrogen) atoms. The van der Waals surface area contributed by atoms with E-state index in [0.717, 1.165) is 10.0 Å². The average molecular weight is 337 g/mol. The van der Waals surface area contributed by atoms with Crippen molar-refractivity contribution >= 4 is 27.5 Å². The summed E-state index contributed by atoms with van der Waals surface area (Å²) in [7, 11) is 1.63. The summed E-state index contributed by atoms with van der Waals surface area (Å²) in [6.45, 7) is 0.403. The second-order valence-corrected chi connectivity index (χ2v) is 5.44. The number of rotatable bonds is 3. The van der Waals surface area contributed by atoms with E-state index in [9.17, 15) is 9.18 Å². The number of hydrogen-bond acceptors (Lipinski definition) is 2. The molecule has 0 bridgehead atoms. The van der Waals surface area contributed by atoms with Crippen LogP contribution >= 0.6 is 15.9 Å². The van der Waals surface area contributed by atoms with Crippen molar-refractivity contribution in [1.29, 1.82) is 0 Å². The Morgan fingerprint density at radius 3 is 2.55 bits per heavy atom. The molecule has 0 unspecified atom stereocenters. The van der Waals surface area contributed by atoms with Crippen LogP contribution < -0.4 is 5.73 Å². The van der Waals surface area contributed by atoms with E-state index in [1.807, 2.05) is 24.3 Å². The van der Waals surface area contributed by atoms with Crippen LogP contribution in [-0.4, -0.2) is 17.9 Å². The van der Waals surface area contributed by atoms with Crippen molar-refractivity contribution in [2.24, 2.45) is 0 Å². The average Bonchev–Trinajstić information content (AvgIpc) is 2.43. The van der Waals surface area contributed by atoms with E-state index in [-0.39, 0.29) is 5.56 Å². The predicted octanol–water partition coefficient (Wildman–Crippen LogP) is 3.44. The highest BCUT2D eigenvalue weighted by Gasteiger charge is 2.16. The number of hydrogen-bond donors (Lipinski definition) is 1. The molecule has 0 aliphatic carbocycles. The van der Waals surface area contributed by atoms with E-state index >= 15 is 0 Å². The van der Waals surface area contributed by atoms with E-state index in [1.165, 1.54) is 23.1 Å². The third-order valence-electron chi connectivity index (χ3n) is 2.90. The summed E-state index contributed by atoms with van der Waals surface area (Å²) in [6.07, 6.45) is 0. The largest absolute Gasteiger partial charge is 0.399 e. The minimum absolute atomic E-state index is 0.00962. The Bertz CT molecular complexity index is 628. The molecule has 5 heteroatoms. The lowest BCUT2D eigenvalue weighted by Gasteiger charge is -2.18. The standard InChI is InChI=1S/C15H14BrFN2O/c1-19(9-10-2-4-11(16)5-3-10)15(20)13-8-12(18)6-7-14(13)17/h2-8H,9,18H2,1H3. The van der Waals surface area contributed by atoms with Crippen LogP contribution in [0.3, 0.4) is 0 Å². The lowest BCUT2D eigenvalue weighted by atomic mass is 10.1. The van der Waals surface area contributed by atoms with Crippen LogP contribution in [0.4, 0.5) is 10.1 Å². The van der Waals surface area contributed by atoms with Gasteiger partial charge in [0.15, 0.2) is 0 Å². The molecule has 0 aliphatic heterocycles. The van der Waals surface area contributed by atoms with E-state index in [2.05, 4.69) is 15.9 Å². The van der Waals surface area contributed by atoms with Gasteiger partial charge in [0.05, 0.1) is 5.56 Å². The van der Waals surface area contributed by atoms with Crippen molar-refractivity contribution in [1.82, 2.24) is 4.90 Å². The Hall–Kier alpha value is -1.88. The SMILES string of the molecule is CN(Cc1ccc(Br)cc1)C(=O)c1cc(N)ccc1F. The van der Waals surface area contributed by atoms with E-state index in [0.29, 0.717) is 12.2 Å². The van der Waals surface area contributed by atoms with Gasteiger partial charge in [0.1, 0.15) is 5.82 Å². The van der Waals surface area contributed by atoms with Crippen molar-refractivity contribution in [2.45, 2.75) is 6.54 Å². The summed E-state index contributed by atoms with van der Waals surface area (Å²) in [5.74, 6) is -0.954. The maximum absolute atomic E-state index is 13.7. The molecule has 3 nitrogen and oxygen atoms in total. The van der Waals surface area contributed by atoms with Gasteiger partial charge in [-0.2, -0.15) is 0 Å². The normalized spacial score (nSPS) is 10.3.